The van der Waals surface area contributed by atoms with Crippen LogP contribution in [0.1, 0.15) is 39.0 Å². The molecule has 0 radical (unpaired) electrons. The molecule has 0 aliphatic heterocycles. The molecule has 0 unspecified atom stereocenters. The van der Waals surface area contributed by atoms with E-state index in [0.717, 1.165) is 39.2 Å². The highest BCUT2D eigenvalue weighted by Gasteiger charge is 2.23. The molecule has 1 fully saturated rings. The van der Waals surface area contributed by atoms with Gasteiger partial charge in [0.25, 0.3) is 0 Å². The SMILES string of the molecule is CCSc1nc(-c2ccccc2)c(NC(=O)C2CCCCC2)s1. The van der Waals surface area contributed by atoms with Crippen molar-refractivity contribution in [3.63, 3.8) is 0 Å². The standard InChI is InChI=1S/C18H22N2OS2/c1-2-22-18-19-15(13-9-5-3-6-10-13)17(23-18)20-16(21)14-11-7-4-8-12-14/h3,5-6,9-10,14H,2,4,7-8,11-12H2,1H3,(H,20,21). The summed E-state index contributed by atoms with van der Waals surface area (Å²) >= 11 is 3.31. The number of carbonyl (C=O) groups is 1. The second kappa shape index (κ2) is 7.97. The summed E-state index contributed by atoms with van der Waals surface area (Å²) in [4.78, 5) is 17.3. The third-order valence-electron chi connectivity index (χ3n) is 4.14. The topological polar surface area (TPSA) is 42.0 Å². The summed E-state index contributed by atoms with van der Waals surface area (Å²) in [6, 6.07) is 10.1. The average Bonchev–Trinajstić information content (AvgIpc) is 2.99. The molecule has 122 valence electrons. The molecule has 0 atom stereocenters. The van der Waals surface area contributed by atoms with Gasteiger partial charge in [0.1, 0.15) is 10.7 Å². The number of aromatic nitrogens is 1. The van der Waals surface area contributed by atoms with Crippen molar-refractivity contribution >= 4 is 34.0 Å². The van der Waals surface area contributed by atoms with Crippen LogP contribution < -0.4 is 5.32 Å². The Labute approximate surface area is 145 Å². The maximum atomic E-state index is 12.6. The van der Waals surface area contributed by atoms with E-state index in [1.165, 1.54) is 19.3 Å². The van der Waals surface area contributed by atoms with E-state index in [2.05, 4.69) is 12.2 Å². The molecule has 1 aromatic carbocycles. The Morgan fingerprint density at radius 1 is 1.26 bits per heavy atom. The minimum absolute atomic E-state index is 0.164. The van der Waals surface area contributed by atoms with Gasteiger partial charge in [0.2, 0.25) is 5.91 Å². The molecule has 1 aliphatic carbocycles. The molecule has 2 aromatic rings. The zero-order valence-electron chi connectivity index (χ0n) is 13.4. The summed E-state index contributed by atoms with van der Waals surface area (Å²) in [7, 11) is 0. The molecule has 1 amide bonds. The van der Waals surface area contributed by atoms with Crippen molar-refractivity contribution in [2.24, 2.45) is 5.92 Å². The van der Waals surface area contributed by atoms with Gasteiger partial charge in [-0.2, -0.15) is 0 Å². The normalized spacial score (nSPS) is 15.5. The fourth-order valence-electron chi connectivity index (χ4n) is 2.94. The number of hydrogen-bond donors (Lipinski definition) is 1. The lowest BCUT2D eigenvalue weighted by Gasteiger charge is -2.20. The molecular weight excluding hydrogens is 324 g/mol. The van der Waals surface area contributed by atoms with E-state index in [1.807, 2.05) is 30.3 Å². The molecule has 3 rings (SSSR count). The first-order valence-corrected chi connectivity index (χ1v) is 10.1. The number of benzene rings is 1. The van der Waals surface area contributed by atoms with Crippen LogP contribution in [0.2, 0.25) is 0 Å². The Kier molecular flexibility index (Phi) is 5.73. The third kappa shape index (κ3) is 4.15. The highest BCUT2D eigenvalue weighted by molar-refractivity contribution is 8.01. The number of nitrogens with one attached hydrogen (secondary N) is 1. The summed E-state index contributed by atoms with van der Waals surface area (Å²) in [5.41, 5.74) is 1.96. The van der Waals surface area contributed by atoms with E-state index >= 15 is 0 Å². The van der Waals surface area contributed by atoms with E-state index in [1.54, 1.807) is 23.1 Å². The van der Waals surface area contributed by atoms with Crippen LogP contribution in [0.25, 0.3) is 11.3 Å². The van der Waals surface area contributed by atoms with Crippen LogP contribution in [0.3, 0.4) is 0 Å². The van der Waals surface area contributed by atoms with Crippen molar-refractivity contribution in [1.82, 2.24) is 4.98 Å². The molecule has 5 heteroatoms. The molecular formula is C18H22N2OS2. The number of nitrogens with zero attached hydrogens (tertiary/aromatic N) is 1. The zero-order valence-corrected chi connectivity index (χ0v) is 15.0. The van der Waals surface area contributed by atoms with Crippen LogP contribution in [0, 0.1) is 5.92 Å². The van der Waals surface area contributed by atoms with Gasteiger partial charge in [-0.3, -0.25) is 4.79 Å². The average molecular weight is 347 g/mol. The summed E-state index contributed by atoms with van der Waals surface area (Å²) in [6.07, 6.45) is 5.63. The maximum absolute atomic E-state index is 12.6. The number of anilines is 1. The van der Waals surface area contributed by atoms with Gasteiger partial charge in [0, 0.05) is 11.5 Å². The van der Waals surface area contributed by atoms with Gasteiger partial charge >= 0.3 is 0 Å². The van der Waals surface area contributed by atoms with Crippen molar-refractivity contribution in [3.8, 4) is 11.3 Å². The summed E-state index contributed by atoms with van der Waals surface area (Å²) in [5, 5.41) is 4.05. The second-order valence-corrected chi connectivity index (χ2v) is 8.29. The molecule has 1 heterocycles. The Hall–Kier alpha value is -1.33. The number of thiazole rings is 1. The van der Waals surface area contributed by atoms with Gasteiger partial charge in [-0.25, -0.2) is 4.98 Å². The van der Waals surface area contributed by atoms with Gasteiger partial charge in [0.05, 0.1) is 0 Å². The van der Waals surface area contributed by atoms with Crippen molar-refractivity contribution in [3.05, 3.63) is 30.3 Å². The minimum Gasteiger partial charge on any atom is -0.316 e. The van der Waals surface area contributed by atoms with Crippen molar-refractivity contribution in [2.45, 2.75) is 43.4 Å². The number of hydrogen-bond acceptors (Lipinski definition) is 4. The molecule has 1 aliphatic rings. The lowest BCUT2D eigenvalue weighted by molar-refractivity contribution is -0.120. The predicted molar refractivity (Wildman–Crippen MR) is 99.2 cm³/mol. The Morgan fingerprint density at radius 3 is 2.70 bits per heavy atom. The predicted octanol–water partition coefficient (Wildman–Crippen LogP) is 5.44. The summed E-state index contributed by atoms with van der Waals surface area (Å²) in [5.74, 6) is 1.31. The largest absolute Gasteiger partial charge is 0.316 e. The first-order valence-electron chi connectivity index (χ1n) is 8.28. The van der Waals surface area contributed by atoms with Gasteiger partial charge in [-0.05, 0) is 18.6 Å². The highest BCUT2D eigenvalue weighted by atomic mass is 32.2. The van der Waals surface area contributed by atoms with E-state index in [4.69, 9.17) is 4.98 Å². The Morgan fingerprint density at radius 2 is 2.00 bits per heavy atom. The van der Waals surface area contributed by atoms with Crippen molar-refractivity contribution in [2.75, 3.05) is 11.1 Å². The van der Waals surface area contributed by atoms with E-state index in [0.29, 0.717) is 0 Å². The van der Waals surface area contributed by atoms with E-state index in [-0.39, 0.29) is 11.8 Å². The third-order valence-corrected chi connectivity index (χ3v) is 6.13. The van der Waals surface area contributed by atoms with Gasteiger partial charge in [0.15, 0.2) is 4.34 Å². The van der Waals surface area contributed by atoms with Gasteiger partial charge < -0.3 is 5.32 Å². The van der Waals surface area contributed by atoms with Crippen LogP contribution in [0.5, 0.6) is 0 Å². The van der Waals surface area contributed by atoms with Crippen LogP contribution >= 0.6 is 23.1 Å². The van der Waals surface area contributed by atoms with Crippen LogP contribution in [-0.4, -0.2) is 16.6 Å². The van der Waals surface area contributed by atoms with Crippen LogP contribution in [0.15, 0.2) is 34.7 Å². The molecule has 0 spiro atoms. The monoisotopic (exact) mass is 346 g/mol. The number of rotatable bonds is 5. The molecule has 1 aromatic heterocycles. The Bertz CT molecular complexity index is 648. The molecule has 0 saturated heterocycles. The zero-order chi connectivity index (χ0) is 16.1. The quantitative estimate of drug-likeness (QED) is 0.733. The fraction of sp³-hybridized carbons (Fsp3) is 0.444. The number of carbonyl (C=O) groups excluding carboxylic acids is 1. The lowest BCUT2D eigenvalue weighted by atomic mass is 9.89. The smallest absolute Gasteiger partial charge is 0.228 e. The molecule has 0 bridgehead atoms. The van der Waals surface area contributed by atoms with E-state index < -0.39 is 0 Å². The number of amides is 1. The van der Waals surface area contributed by atoms with Crippen LogP contribution in [-0.2, 0) is 4.79 Å². The second-order valence-electron chi connectivity index (χ2n) is 5.78. The van der Waals surface area contributed by atoms with Crippen molar-refractivity contribution < 1.29 is 4.79 Å². The fourth-order valence-corrected chi connectivity index (χ4v) is 4.91. The summed E-state index contributed by atoms with van der Waals surface area (Å²) < 4.78 is 1.02. The number of thioether (sulfide) groups is 1. The van der Waals surface area contributed by atoms with Gasteiger partial charge in [-0.1, -0.05) is 79.6 Å². The van der Waals surface area contributed by atoms with Gasteiger partial charge in [-0.15, -0.1) is 0 Å². The first kappa shape index (κ1) is 16.5. The summed E-state index contributed by atoms with van der Waals surface area (Å²) in [6.45, 7) is 2.12. The molecule has 1 N–H and O–H groups in total. The maximum Gasteiger partial charge on any atom is 0.228 e. The first-order chi connectivity index (χ1) is 11.3. The highest BCUT2D eigenvalue weighted by Crippen LogP contribution is 2.38. The van der Waals surface area contributed by atoms with Crippen LogP contribution in [0.4, 0.5) is 5.00 Å². The lowest BCUT2D eigenvalue weighted by Crippen LogP contribution is -2.24. The molecule has 3 nitrogen and oxygen atoms in total. The minimum atomic E-state index is 0.164. The Balaban J connectivity index is 1.83. The molecule has 1 saturated carbocycles. The molecule has 23 heavy (non-hydrogen) atoms. The van der Waals surface area contributed by atoms with E-state index in [9.17, 15) is 4.79 Å². The van der Waals surface area contributed by atoms with Crippen molar-refractivity contribution in [1.29, 1.82) is 0 Å².